The molecule has 108 valence electrons. The lowest BCUT2D eigenvalue weighted by Gasteiger charge is -2.22. The first-order valence-corrected chi connectivity index (χ1v) is 6.69. The zero-order chi connectivity index (χ0) is 14.9. The number of rotatable bonds is 3. The summed E-state index contributed by atoms with van der Waals surface area (Å²) in [6, 6.07) is 5.69. The van der Waals surface area contributed by atoms with Crippen LogP contribution >= 0.6 is 12.2 Å². The van der Waals surface area contributed by atoms with Crippen molar-refractivity contribution in [3.63, 3.8) is 0 Å². The predicted octanol–water partition coefficient (Wildman–Crippen LogP) is 3.38. The maximum Gasteiger partial charge on any atom is 0.195 e. The Balaban J connectivity index is 2.61. The standard InChI is InChI=1S/C14H19N3O2S/c1-14(2,3)17-12(15-16-13(17)20)9-6-7-10(18-4)11(8-9)19-5/h6-8H,1-5H3,(H,16,20). The van der Waals surface area contributed by atoms with Crippen molar-refractivity contribution in [2.45, 2.75) is 26.3 Å². The molecular weight excluding hydrogens is 274 g/mol. The van der Waals surface area contributed by atoms with Crippen molar-refractivity contribution in [1.82, 2.24) is 14.8 Å². The molecule has 1 N–H and O–H groups in total. The summed E-state index contributed by atoms with van der Waals surface area (Å²) < 4.78 is 13.2. The third-order valence-electron chi connectivity index (χ3n) is 2.98. The van der Waals surface area contributed by atoms with Gasteiger partial charge in [-0.15, -0.1) is 0 Å². The predicted molar refractivity (Wildman–Crippen MR) is 80.9 cm³/mol. The summed E-state index contributed by atoms with van der Waals surface area (Å²) >= 11 is 5.32. The number of ether oxygens (including phenoxy) is 2. The molecule has 0 aliphatic carbocycles. The van der Waals surface area contributed by atoms with Gasteiger partial charge in [0.1, 0.15) is 0 Å². The van der Waals surface area contributed by atoms with Crippen LogP contribution in [0.3, 0.4) is 0 Å². The van der Waals surface area contributed by atoms with E-state index in [1.807, 2.05) is 22.8 Å². The molecule has 0 aliphatic heterocycles. The minimum absolute atomic E-state index is 0.160. The number of nitrogens with zero attached hydrogens (tertiary/aromatic N) is 2. The highest BCUT2D eigenvalue weighted by Gasteiger charge is 2.21. The van der Waals surface area contributed by atoms with Crippen LogP contribution < -0.4 is 9.47 Å². The zero-order valence-corrected chi connectivity index (χ0v) is 13.2. The van der Waals surface area contributed by atoms with E-state index in [-0.39, 0.29) is 5.54 Å². The zero-order valence-electron chi connectivity index (χ0n) is 12.4. The number of methoxy groups -OCH3 is 2. The van der Waals surface area contributed by atoms with Gasteiger partial charge in [-0.05, 0) is 51.2 Å². The van der Waals surface area contributed by atoms with Gasteiger partial charge in [-0.3, -0.25) is 9.67 Å². The number of hydrogen-bond donors (Lipinski definition) is 1. The Hall–Kier alpha value is -1.82. The van der Waals surface area contributed by atoms with E-state index in [2.05, 4.69) is 31.0 Å². The number of aromatic nitrogens is 3. The fourth-order valence-electron chi connectivity index (χ4n) is 2.09. The van der Waals surface area contributed by atoms with Crippen LogP contribution in [0.4, 0.5) is 0 Å². The average Bonchev–Trinajstić information content (AvgIpc) is 2.79. The van der Waals surface area contributed by atoms with Crippen LogP contribution in [0.1, 0.15) is 20.8 Å². The number of nitrogens with one attached hydrogen (secondary N) is 1. The summed E-state index contributed by atoms with van der Waals surface area (Å²) in [7, 11) is 3.23. The average molecular weight is 293 g/mol. The van der Waals surface area contributed by atoms with Gasteiger partial charge >= 0.3 is 0 Å². The van der Waals surface area contributed by atoms with Gasteiger partial charge in [-0.1, -0.05) is 0 Å². The highest BCUT2D eigenvalue weighted by molar-refractivity contribution is 7.71. The Morgan fingerprint density at radius 3 is 2.35 bits per heavy atom. The van der Waals surface area contributed by atoms with E-state index in [1.54, 1.807) is 14.2 Å². The largest absolute Gasteiger partial charge is 0.493 e. The first kappa shape index (κ1) is 14.6. The van der Waals surface area contributed by atoms with E-state index < -0.39 is 0 Å². The van der Waals surface area contributed by atoms with E-state index in [0.717, 1.165) is 11.4 Å². The smallest absolute Gasteiger partial charge is 0.195 e. The molecule has 0 atom stereocenters. The second kappa shape index (κ2) is 5.28. The second-order valence-corrected chi connectivity index (χ2v) is 5.82. The Labute approximate surface area is 123 Å². The summed E-state index contributed by atoms with van der Waals surface area (Å²) in [6.07, 6.45) is 0. The van der Waals surface area contributed by atoms with Gasteiger partial charge in [-0.2, -0.15) is 5.10 Å². The first-order chi connectivity index (χ1) is 9.38. The van der Waals surface area contributed by atoms with Crippen LogP contribution in [-0.2, 0) is 5.54 Å². The van der Waals surface area contributed by atoms with Crippen molar-refractivity contribution in [3.05, 3.63) is 23.0 Å². The van der Waals surface area contributed by atoms with E-state index >= 15 is 0 Å². The molecule has 1 heterocycles. The molecule has 0 spiro atoms. The Kier molecular flexibility index (Phi) is 3.85. The van der Waals surface area contributed by atoms with Crippen molar-refractivity contribution in [3.8, 4) is 22.9 Å². The van der Waals surface area contributed by atoms with Gasteiger partial charge in [0.05, 0.1) is 14.2 Å². The minimum Gasteiger partial charge on any atom is -0.493 e. The van der Waals surface area contributed by atoms with E-state index in [4.69, 9.17) is 21.7 Å². The number of hydrogen-bond acceptors (Lipinski definition) is 4. The quantitative estimate of drug-likeness (QED) is 0.881. The SMILES string of the molecule is COc1ccc(-c2n[nH]c(=S)n2C(C)(C)C)cc1OC. The molecule has 1 aromatic carbocycles. The van der Waals surface area contributed by atoms with Crippen molar-refractivity contribution in [2.75, 3.05) is 14.2 Å². The summed E-state index contributed by atoms with van der Waals surface area (Å²) in [6.45, 7) is 6.26. The third-order valence-corrected chi connectivity index (χ3v) is 3.26. The molecule has 0 bridgehead atoms. The van der Waals surface area contributed by atoms with Gasteiger partial charge in [0, 0.05) is 11.1 Å². The molecule has 0 saturated heterocycles. The van der Waals surface area contributed by atoms with Crippen LogP contribution in [0, 0.1) is 4.77 Å². The van der Waals surface area contributed by atoms with Crippen LogP contribution in [0.2, 0.25) is 0 Å². The summed E-state index contributed by atoms with van der Waals surface area (Å²) in [4.78, 5) is 0. The van der Waals surface area contributed by atoms with Gasteiger partial charge in [0.15, 0.2) is 22.1 Å². The van der Waals surface area contributed by atoms with Crippen LogP contribution in [0.25, 0.3) is 11.4 Å². The lowest BCUT2D eigenvalue weighted by Crippen LogP contribution is -2.22. The highest BCUT2D eigenvalue weighted by atomic mass is 32.1. The Morgan fingerprint density at radius 2 is 1.80 bits per heavy atom. The first-order valence-electron chi connectivity index (χ1n) is 6.28. The molecule has 0 amide bonds. The monoisotopic (exact) mass is 293 g/mol. The fraction of sp³-hybridized carbons (Fsp3) is 0.429. The van der Waals surface area contributed by atoms with Gasteiger partial charge in [-0.25, -0.2) is 0 Å². The molecule has 0 saturated carbocycles. The van der Waals surface area contributed by atoms with E-state index in [0.29, 0.717) is 16.3 Å². The van der Waals surface area contributed by atoms with Gasteiger partial charge < -0.3 is 9.47 Å². The lowest BCUT2D eigenvalue weighted by molar-refractivity contribution is 0.355. The highest BCUT2D eigenvalue weighted by Crippen LogP contribution is 2.33. The molecule has 0 radical (unpaired) electrons. The molecule has 2 aromatic rings. The summed E-state index contributed by atoms with van der Waals surface area (Å²) in [5.74, 6) is 2.13. The van der Waals surface area contributed by atoms with Crippen molar-refractivity contribution in [2.24, 2.45) is 0 Å². The number of H-pyrrole nitrogens is 1. The normalized spacial score (nSPS) is 11.4. The molecule has 2 rings (SSSR count). The topological polar surface area (TPSA) is 52.1 Å². The molecule has 20 heavy (non-hydrogen) atoms. The Morgan fingerprint density at radius 1 is 1.15 bits per heavy atom. The minimum atomic E-state index is -0.160. The molecule has 6 heteroatoms. The van der Waals surface area contributed by atoms with E-state index in [1.165, 1.54) is 0 Å². The van der Waals surface area contributed by atoms with E-state index in [9.17, 15) is 0 Å². The fourth-order valence-corrected chi connectivity index (χ4v) is 2.49. The van der Waals surface area contributed by atoms with Gasteiger partial charge in [0.25, 0.3) is 0 Å². The van der Waals surface area contributed by atoms with Crippen LogP contribution in [0.15, 0.2) is 18.2 Å². The third kappa shape index (κ3) is 2.56. The van der Waals surface area contributed by atoms with Crippen LogP contribution in [0.5, 0.6) is 11.5 Å². The Bertz CT molecular complexity index is 668. The van der Waals surface area contributed by atoms with Crippen molar-refractivity contribution in [1.29, 1.82) is 0 Å². The second-order valence-electron chi connectivity index (χ2n) is 5.43. The maximum absolute atomic E-state index is 5.33. The van der Waals surface area contributed by atoms with Crippen molar-refractivity contribution >= 4 is 12.2 Å². The molecule has 0 aliphatic rings. The number of benzene rings is 1. The molecule has 5 nitrogen and oxygen atoms in total. The van der Waals surface area contributed by atoms with Gasteiger partial charge in [0.2, 0.25) is 0 Å². The van der Waals surface area contributed by atoms with Crippen LogP contribution in [-0.4, -0.2) is 29.0 Å². The summed E-state index contributed by atoms with van der Waals surface area (Å²) in [5, 5.41) is 7.18. The number of aromatic amines is 1. The lowest BCUT2D eigenvalue weighted by atomic mass is 10.1. The molecule has 0 unspecified atom stereocenters. The molecule has 1 aromatic heterocycles. The summed E-state index contributed by atoms with van der Waals surface area (Å²) in [5.41, 5.74) is 0.761. The molecular formula is C14H19N3O2S. The van der Waals surface area contributed by atoms with Crippen molar-refractivity contribution < 1.29 is 9.47 Å². The molecule has 0 fully saturated rings. The maximum atomic E-state index is 5.33.